The Kier molecular flexibility index (Phi) is 6.67. The molecule has 1 saturated heterocycles. The minimum atomic E-state index is -1.01. The van der Waals surface area contributed by atoms with E-state index in [4.69, 9.17) is 9.84 Å². The number of likely N-dealkylation sites (tertiary alicyclic amines) is 1. The Morgan fingerprint density at radius 2 is 1.55 bits per heavy atom. The van der Waals surface area contributed by atoms with Gasteiger partial charge in [-0.3, -0.25) is 9.59 Å². The lowest BCUT2D eigenvalue weighted by Gasteiger charge is -2.30. The molecule has 1 fully saturated rings. The molecule has 3 atom stereocenters. The molecule has 1 aliphatic heterocycles. The van der Waals surface area contributed by atoms with Crippen molar-refractivity contribution < 1.29 is 24.2 Å². The van der Waals surface area contributed by atoms with Gasteiger partial charge >= 0.3 is 12.1 Å². The molecule has 7 heteroatoms. The number of alkyl carbamates (subject to hydrolysis) is 1. The molecule has 2 aliphatic rings. The first-order chi connectivity index (χ1) is 15.9. The van der Waals surface area contributed by atoms with Gasteiger partial charge in [-0.25, -0.2) is 4.79 Å². The molecule has 7 nitrogen and oxygen atoms in total. The molecule has 3 unspecified atom stereocenters. The second-order valence-electron chi connectivity index (χ2n) is 8.98. The SMILES string of the molecule is CC1CCC(C)N1C(=O)C(CCC(=O)O)NC(=O)OCC1c2ccccc2-c2ccccc21. The van der Waals surface area contributed by atoms with Gasteiger partial charge in [0, 0.05) is 24.4 Å². The molecule has 0 aromatic heterocycles. The third-order valence-corrected chi connectivity index (χ3v) is 6.79. The first-order valence-corrected chi connectivity index (χ1v) is 11.5. The molecule has 1 aliphatic carbocycles. The van der Waals surface area contributed by atoms with E-state index in [0.29, 0.717) is 0 Å². The summed E-state index contributed by atoms with van der Waals surface area (Å²) >= 11 is 0. The van der Waals surface area contributed by atoms with Crippen LogP contribution in [0.3, 0.4) is 0 Å². The van der Waals surface area contributed by atoms with Crippen LogP contribution in [0.15, 0.2) is 48.5 Å². The van der Waals surface area contributed by atoms with Gasteiger partial charge in [-0.05, 0) is 55.4 Å². The van der Waals surface area contributed by atoms with Gasteiger partial charge in [0.2, 0.25) is 5.91 Å². The molecule has 174 valence electrons. The van der Waals surface area contributed by atoms with Crippen molar-refractivity contribution in [3.8, 4) is 11.1 Å². The van der Waals surface area contributed by atoms with E-state index in [2.05, 4.69) is 17.4 Å². The third kappa shape index (κ3) is 4.72. The molecule has 0 saturated carbocycles. The highest BCUT2D eigenvalue weighted by Crippen LogP contribution is 2.44. The standard InChI is InChI=1S/C26H30N2O5/c1-16-11-12-17(2)28(16)25(31)23(13-14-24(29)30)27-26(32)33-15-22-20-9-5-3-7-18(20)19-8-4-6-10-21(19)22/h3-10,16-17,22-23H,11-15H2,1-2H3,(H,27,32)(H,29,30). The van der Waals surface area contributed by atoms with Crippen molar-refractivity contribution in [1.29, 1.82) is 0 Å². The fourth-order valence-corrected chi connectivity index (χ4v) is 5.12. The monoisotopic (exact) mass is 450 g/mol. The van der Waals surface area contributed by atoms with Gasteiger partial charge in [-0.15, -0.1) is 0 Å². The number of carbonyl (C=O) groups is 3. The van der Waals surface area contributed by atoms with Crippen LogP contribution in [-0.4, -0.2) is 52.7 Å². The number of rotatable bonds is 7. The molecule has 4 rings (SSSR count). The number of benzene rings is 2. The van der Waals surface area contributed by atoms with E-state index in [1.807, 2.05) is 50.2 Å². The summed E-state index contributed by atoms with van der Waals surface area (Å²) in [5.41, 5.74) is 4.47. The highest BCUT2D eigenvalue weighted by atomic mass is 16.5. The first kappa shape index (κ1) is 22.8. The van der Waals surface area contributed by atoms with Crippen molar-refractivity contribution in [2.75, 3.05) is 6.61 Å². The number of hydrogen-bond donors (Lipinski definition) is 2. The molecule has 2 N–H and O–H groups in total. The smallest absolute Gasteiger partial charge is 0.407 e. The van der Waals surface area contributed by atoms with Crippen molar-refractivity contribution in [3.05, 3.63) is 59.7 Å². The molecule has 2 amide bonds. The van der Waals surface area contributed by atoms with E-state index < -0.39 is 18.1 Å². The predicted octanol–water partition coefficient (Wildman–Crippen LogP) is 4.16. The van der Waals surface area contributed by atoms with E-state index in [0.717, 1.165) is 35.1 Å². The van der Waals surface area contributed by atoms with E-state index in [1.54, 1.807) is 4.90 Å². The molecular weight excluding hydrogens is 420 g/mol. The zero-order valence-corrected chi connectivity index (χ0v) is 19.0. The average Bonchev–Trinajstić information content (AvgIpc) is 3.31. The molecule has 33 heavy (non-hydrogen) atoms. The first-order valence-electron chi connectivity index (χ1n) is 11.5. The van der Waals surface area contributed by atoms with Crippen LogP contribution in [0.25, 0.3) is 11.1 Å². The van der Waals surface area contributed by atoms with Crippen LogP contribution < -0.4 is 5.32 Å². The number of carboxylic acid groups (broad SMARTS) is 1. The number of nitrogens with one attached hydrogen (secondary N) is 1. The highest BCUT2D eigenvalue weighted by Gasteiger charge is 2.36. The topological polar surface area (TPSA) is 95.9 Å². The summed E-state index contributed by atoms with van der Waals surface area (Å²) < 4.78 is 5.58. The maximum atomic E-state index is 13.2. The molecule has 0 bridgehead atoms. The Morgan fingerprint density at radius 3 is 2.09 bits per heavy atom. The summed E-state index contributed by atoms with van der Waals surface area (Å²) in [4.78, 5) is 38.8. The Labute approximate surface area is 193 Å². The van der Waals surface area contributed by atoms with Crippen LogP contribution in [-0.2, 0) is 14.3 Å². The normalized spacial score (nSPS) is 20.1. The molecule has 2 aromatic rings. The Balaban J connectivity index is 1.44. The van der Waals surface area contributed by atoms with Crippen LogP contribution >= 0.6 is 0 Å². The highest BCUT2D eigenvalue weighted by molar-refractivity contribution is 5.87. The number of amides is 2. The second-order valence-corrected chi connectivity index (χ2v) is 8.98. The number of ether oxygens (including phenoxy) is 1. The number of hydrogen-bond acceptors (Lipinski definition) is 4. The van der Waals surface area contributed by atoms with E-state index in [1.165, 1.54) is 0 Å². The molecule has 0 radical (unpaired) electrons. The summed E-state index contributed by atoms with van der Waals surface area (Å²) in [6, 6.07) is 15.3. The average molecular weight is 451 g/mol. The number of carbonyl (C=O) groups excluding carboxylic acids is 2. The van der Waals surface area contributed by atoms with Crippen LogP contribution in [0, 0.1) is 0 Å². The Bertz CT molecular complexity index is 997. The lowest BCUT2D eigenvalue weighted by molar-refractivity contribution is -0.138. The fourth-order valence-electron chi connectivity index (χ4n) is 5.12. The van der Waals surface area contributed by atoms with Gasteiger partial charge in [-0.1, -0.05) is 48.5 Å². The minimum Gasteiger partial charge on any atom is -0.481 e. The van der Waals surface area contributed by atoms with Crippen LogP contribution in [0.5, 0.6) is 0 Å². The maximum absolute atomic E-state index is 13.2. The predicted molar refractivity (Wildman–Crippen MR) is 124 cm³/mol. The lowest BCUT2D eigenvalue weighted by atomic mass is 9.98. The van der Waals surface area contributed by atoms with Crippen molar-refractivity contribution in [3.63, 3.8) is 0 Å². The van der Waals surface area contributed by atoms with Crippen molar-refractivity contribution in [2.45, 2.75) is 63.6 Å². The summed E-state index contributed by atoms with van der Waals surface area (Å²) in [5.74, 6) is -1.35. The van der Waals surface area contributed by atoms with Crippen LogP contribution in [0.4, 0.5) is 4.79 Å². The van der Waals surface area contributed by atoms with Crippen LogP contribution in [0.2, 0.25) is 0 Å². The van der Waals surface area contributed by atoms with E-state index in [-0.39, 0.29) is 43.4 Å². The van der Waals surface area contributed by atoms with Crippen molar-refractivity contribution >= 4 is 18.0 Å². The molecular formula is C26H30N2O5. The quantitative estimate of drug-likeness (QED) is 0.660. The van der Waals surface area contributed by atoms with E-state index >= 15 is 0 Å². The van der Waals surface area contributed by atoms with Crippen molar-refractivity contribution in [2.24, 2.45) is 0 Å². The minimum absolute atomic E-state index is 0.0221. The van der Waals surface area contributed by atoms with Gasteiger partial charge in [0.15, 0.2) is 0 Å². The zero-order valence-electron chi connectivity index (χ0n) is 19.0. The summed E-state index contributed by atoms with van der Waals surface area (Å²) in [7, 11) is 0. The van der Waals surface area contributed by atoms with Gasteiger partial charge in [-0.2, -0.15) is 0 Å². The third-order valence-electron chi connectivity index (χ3n) is 6.79. The number of fused-ring (bicyclic) bond motifs is 3. The molecule has 2 aromatic carbocycles. The summed E-state index contributed by atoms with van der Waals surface area (Å²) in [5, 5.41) is 11.8. The number of carboxylic acids is 1. The largest absolute Gasteiger partial charge is 0.481 e. The zero-order chi connectivity index (χ0) is 23.5. The van der Waals surface area contributed by atoms with Gasteiger partial charge in [0.25, 0.3) is 0 Å². The fraction of sp³-hybridized carbons (Fsp3) is 0.423. The lowest BCUT2D eigenvalue weighted by Crippen LogP contribution is -2.51. The maximum Gasteiger partial charge on any atom is 0.407 e. The van der Waals surface area contributed by atoms with Crippen LogP contribution in [0.1, 0.15) is 56.6 Å². The van der Waals surface area contributed by atoms with Crippen molar-refractivity contribution in [1.82, 2.24) is 10.2 Å². The van der Waals surface area contributed by atoms with Gasteiger partial charge in [0.05, 0.1) is 0 Å². The number of nitrogens with zero attached hydrogens (tertiary/aromatic N) is 1. The molecule has 1 heterocycles. The summed E-state index contributed by atoms with van der Waals surface area (Å²) in [6.07, 6.45) is 0.887. The summed E-state index contributed by atoms with van der Waals surface area (Å²) in [6.45, 7) is 4.09. The molecule has 0 spiro atoms. The van der Waals surface area contributed by atoms with E-state index in [9.17, 15) is 14.4 Å². The number of aliphatic carboxylic acids is 1. The van der Waals surface area contributed by atoms with Gasteiger partial charge < -0.3 is 20.1 Å². The Hall–Kier alpha value is -3.35. The van der Waals surface area contributed by atoms with Gasteiger partial charge in [0.1, 0.15) is 12.6 Å². The Morgan fingerprint density at radius 1 is 1.00 bits per heavy atom. The second kappa shape index (κ2) is 9.65.